The first-order chi connectivity index (χ1) is 9.67. The molecule has 0 unspecified atom stereocenters. The van der Waals surface area contributed by atoms with Gasteiger partial charge < -0.3 is 19.8 Å². The van der Waals surface area contributed by atoms with Crippen LogP contribution in [0.4, 0.5) is 5.69 Å². The Bertz CT molecular complexity index is 634. The van der Waals surface area contributed by atoms with Gasteiger partial charge in [-0.3, -0.25) is 9.59 Å². The highest BCUT2D eigenvalue weighted by atomic mass is 16.5. The first kappa shape index (κ1) is 13.7. The summed E-state index contributed by atoms with van der Waals surface area (Å²) < 4.78 is 10.3. The molecule has 0 saturated carbocycles. The number of anilines is 1. The number of methoxy groups -OCH3 is 2. The minimum atomic E-state index is -0.360. The van der Waals surface area contributed by atoms with Crippen molar-refractivity contribution in [2.75, 3.05) is 19.5 Å². The third-order valence-electron chi connectivity index (χ3n) is 2.74. The lowest BCUT2D eigenvalue weighted by Gasteiger charge is -2.11. The summed E-state index contributed by atoms with van der Waals surface area (Å²) in [5.41, 5.74) is 1.15. The smallest absolute Gasteiger partial charge is 0.272 e. The monoisotopic (exact) mass is 274 g/mol. The number of ether oxygens (including phenoxy) is 2. The Kier molecular flexibility index (Phi) is 4.05. The van der Waals surface area contributed by atoms with Crippen LogP contribution in [0.1, 0.15) is 21.0 Å². The summed E-state index contributed by atoms with van der Waals surface area (Å²) in [5, 5.41) is 2.70. The molecule has 2 rings (SSSR count). The van der Waals surface area contributed by atoms with Crippen molar-refractivity contribution in [1.82, 2.24) is 4.98 Å². The number of H-pyrrole nitrogens is 1. The molecule has 0 saturated heterocycles. The van der Waals surface area contributed by atoms with E-state index >= 15 is 0 Å². The van der Waals surface area contributed by atoms with Crippen LogP contribution in [0.15, 0.2) is 30.3 Å². The molecule has 0 fully saturated rings. The third-order valence-corrected chi connectivity index (χ3v) is 2.74. The molecule has 1 heterocycles. The van der Waals surface area contributed by atoms with E-state index in [9.17, 15) is 9.59 Å². The molecule has 20 heavy (non-hydrogen) atoms. The predicted molar refractivity (Wildman–Crippen MR) is 73.7 cm³/mol. The molecule has 1 aromatic carbocycles. The van der Waals surface area contributed by atoms with Crippen molar-refractivity contribution in [2.24, 2.45) is 0 Å². The summed E-state index contributed by atoms with van der Waals surface area (Å²) in [5.74, 6) is 0.754. The van der Waals surface area contributed by atoms with Gasteiger partial charge in [-0.05, 0) is 24.3 Å². The van der Waals surface area contributed by atoms with Gasteiger partial charge in [-0.25, -0.2) is 0 Å². The zero-order valence-electron chi connectivity index (χ0n) is 11.1. The molecular formula is C14H14N2O4. The van der Waals surface area contributed by atoms with Crippen LogP contribution in [0.2, 0.25) is 0 Å². The molecule has 2 aromatic rings. The second kappa shape index (κ2) is 5.92. The maximum atomic E-state index is 12.0. The summed E-state index contributed by atoms with van der Waals surface area (Å²) in [6.45, 7) is 0. The zero-order valence-corrected chi connectivity index (χ0v) is 11.1. The van der Waals surface area contributed by atoms with Crippen LogP contribution in [0.3, 0.4) is 0 Å². The van der Waals surface area contributed by atoms with Gasteiger partial charge >= 0.3 is 0 Å². The van der Waals surface area contributed by atoms with Gasteiger partial charge in [0.15, 0.2) is 6.29 Å². The summed E-state index contributed by atoms with van der Waals surface area (Å²) in [7, 11) is 3.05. The fourth-order valence-electron chi connectivity index (χ4n) is 1.70. The van der Waals surface area contributed by atoms with E-state index in [0.717, 1.165) is 0 Å². The van der Waals surface area contributed by atoms with Crippen LogP contribution >= 0.6 is 0 Å². The molecule has 1 amide bonds. The lowest BCUT2D eigenvalue weighted by molar-refractivity contribution is 0.102. The summed E-state index contributed by atoms with van der Waals surface area (Å²) in [6.07, 6.45) is 0.644. The molecule has 0 aliphatic rings. The Labute approximate surface area is 115 Å². The van der Waals surface area contributed by atoms with E-state index < -0.39 is 0 Å². The molecule has 0 spiro atoms. The average molecular weight is 274 g/mol. The van der Waals surface area contributed by atoms with Crippen LogP contribution in [0.25, 0.3) is 0 Å². The normalized spacial score (nSPS) is 9.90. The molecule has 1 aromatic heterocycles. The molecule has 0 radical (unpaired) electrons. The van der Waals surface area contributed by atoms with Gasteiger partial charge in [-0.15, -0.1) is 0 Å². The lowest BCUT2D eigenvalue weighted by Crippen LogP contribution is -2.13. The molecule has 0 atom stereocenters. The Morgan fingerprint density at radius 3 is 2.60 bits per heavy atom. The van der Waals surface area contributed by atoms with Gasteiger partial charge in [-0.1, -0.05) is 0 Å². The van der Waals surface area contributed by atoms with Crippen molar-refractivity contribution in [3.05, 3.63) is 41.7 Å². The molecule has 0 bridgehead atoms. The summed E-state index contributed by atoms with van der Waals surface area (Å²) >= 11 is 0. The number of nitrogens with one attached hydrogen (secondary N) is 2. The van der Waals surface area contributed by atoms with E-state index in [1.807, 2.05) is 0 Å². The highest BCUT2D eigenvalue weighted by Gasteiger charge is 2.12. The number of aldehydes is 1. The number of aromatic nitrogens is 1. The second-order valence-corrected chi connectivity index (χ2v) is 3.97. The SMILES string of the molecule is COc1ccc(NC(=O)c2ccc(C=O)[nH]2)c(OC)c1. The minimum absolute atomic E-state index is 0.296. The van der Waals surface area contributed by atoms with Crippen LogP contribution in [-0.2, 0) is 0 Å². The van der Waals surface area contributed by atoms with E-state index in [2.05, 4.69) is 10.3 Å². The number of benzene rings is 1. The average Bonchev–Trinajstić information content (AvgIpc) is 2.96. The number of hydrogen-bond donors (Lipinski definition) is 2. The van der Waals surface area contributed by atoms with Crippen LogP contribution < -0.4 is 14.8 Å². The van der Waals surface area contributed by atoms with Crippen LogP contribution in [-0.4, -0.2) is 31.4 Å². The molecule has 0 aliphatic heterocycles. The minimum Gasteiger partial charge on any atom is -0.497 e. The topological polar surface area (TPSA) is 80.4 Å². The van der Waals surface area contributed by atoms with Gasteiger partial charge in [0.05, 0.1) is 25.6 Å². The van der Waals surface area contributed by atoms with Crippen molar-refractivity contribution >= 4 is 17.9 Å². The lowest BCUT2D eigenvalue weighted by atomic mass is 10.2. The van der Waals surface area contributed by atoms with Crippen molar-refractivity contribution in [1.29, 1.82) is 0 Å². The van der Waals surface area contributed by atoms with Crippen molar-refractivity contribution < 1.29 is 19.1 Å². The number of hydrogen-bond acceptors (Lipinski definition) is 4. The largest absolute Gasteiger partial charge is 0.497 e. The standard InChI is InChI=1S/C14H14N2O4/c1-19-10-4-6-11(13(7-10)20-2)16-14(18)12-5-3-9(8-17)15-12/h3-8,15H,1-2H3,(H,16,18). The Balaban J connectivity index is 2.20. The Morgan fingerprint density at radius 2 is 2.00 bits per heavy atom. The van der Waals surface area contributed by atoms with Gasteiger partial charge in [0, 0.05) is 6.07 Å². The van der Waals surface area contributed by atoms with Gasteiger partial charge in [0.1, 0.15) is 17.2 Å². The predicted octanol–water partition coefficient (Wildman–Crippen LogP) is 2.10. The second-order valence-electron chi connectivity index (χ2n) is 3.97. The van der Waals surface area contributed by atoms with Crippen molar-refractivity contribution in [3.63, 3.8) is 0 Å². The number of carbonyl (C=O) groups excluding carboxylic acids is 2. The van der Waals surface area contributed by atoms with E-state index in [0.29, 0.717) is 34.9 Å². The van der Waals surface area contributed by atoms with Crippen LogP contribution in [0.5, 0.6) is 11.5 Å². The molecular weight excluding hydrogens is 260 g/mol. The molecule has 0 aliphatic carbocycles. The van der Waals surface area contributed by atoms with Gasteiger partial charge in [-0.2, -0.15) is 0 Å². The summed E-state index contributed by atoms with van der Waals surface area (Å²) in [6, 6.07) is 8.13. The van der Waals surface area contributed by atoms with E-state index in [1.165, 1.54) is 19.2 Å². The third kappa shape index (κ3) is 2.80. The molecule has 6 nitrogen and oxygen atoms in total. The molecule has 2 N–H and O–H groups in total. The quantitative estimate of drug-likeness (QED) is 0.818. The zero-order chi connectivity index (χ0) is 14.5. The fourth-order valence-corrected chi connectivity index (χ4v) is 1.70. The highest BCUT2D eigenvalue weighted by Crippen LogP contribution is 2.29. The van der Waals surface area contributed by atoms with Crippen molar-refractivity contribution in [2.45, 2.75) is 0 Å². The first-order valence-electron chi connectivity index (χ1n) is 5.85. The van der Waals surface area contributed by atoms with Gasteiger partial charge in [0.25, 0.3) is 5.91 Å². The number of rotatable bonds is 5. The molecule has 104 valence electrons. The fraction of sp³-hybridized carbons (Fsp3) is 0.143. The maximum absolute atomic E-state index is 12.0. The maximum Gasteiger partial charge on any atom is 0.272 e. The van der Waals surface area contributed by atoms with Crippen LogP contribution in [0, 0.1) is 0 Å². The van der Waals surface area contributed by atoms with E-state index in [-0.39, 0.29) is 5.91 Å². The number of carbonyl (C=O) groups is 2. The Hall–Kier alpha value is -2.76. The van der Waals surface area contributed by atoms with E-state index in [1.54, 1.807) is 25.3 Å². The van der Waals surface area contributed by atoms with Crippen molar-refractivity contribution in [3.8, 4) is 11.5 Å². The number of amides is 1. The highest BCUT2D eigenvalue weighted by molar-refractivity contribution is 6.04. The van der Waals surface area contributed by atoms with E-state index in [4.69, 9.17) is 9.47 Å². The molecule has 6 heteroatoms. The number of aromatic amines is 1. The summed E-state index contributed by atoms with van der Waals surface area (Å²) in [4.78, 5) is 25.3. The first-order valence-corrected chi connectivity index (χ1v) is 5.85. The van der Waals surface area contributed by atoms with Gasteiger partial charge in [0.2, 0.25) is 0 Å². The Morgan fingerprint density at radius 1 is 1.20 bits per heavy atom.